The molecule has 2 aromatic carbocycles. The Hall–Kier alpha value is -2.69. The van der Waals surface area contributed by atoms with Crippen LogP contribution in [0.25, 0.3) is 0 Å². The minimum absolute atomic E-state index is 0.242. The van der Waals surface area contributed by atoms with Gasteiger partial charge in [0.2, 0.25) is 0 Å². The Morgan fingerprint density at radius 2 is 1.40 bits per heavy atom. The number of ether oxygens (including phenoxy) is 3. The maximum absolute atomic E-state index is 12.9. The normalized spacial score (nSPS) is 10.3. The summed E-state index contributed by atoms with van der Waals surface area (Å²) in [6.07, 6.45) is 1.68. The van der Waals surface area contributed by atoms with Crippen molar-refractivity contribution >= 4 is 11.6 Å². The highest BCUT2D eigenvalue weighted by molar-refractivity contribution is 6.07. The molecule has 0 heterocycles. The molecule has 0 radical (unpaired) electrons. The first-order chi connectivity index (χ1) is 12.1. The van der Waals surface area contributed by atoms with E-state index in [1.165, 1.54) is 14.2 Å². The second kappa shape index (κ2) is 8.42. The van der Waals surface area contributed by atoms with Crippen molar-refractivity contribution in [2.45, 2.75) is 26.7 Å². The Balaban J connectivity index is 2.45. The van der Waals surface area contributed by atoms with Crippen molar-refractivity contribution < 1.29 is 19.0 Å². The average Bonchev–Trinajstić information content (AvgIpc) is 2.66. The summed E-state index contributed by atoms with van der Waals surface area (Å²) < 4.78 is 15.9. The minimum Gasteiger partial charge on any atom is -0.496 e. The van der Waals surface area contributed by atoms with Gasteiger partial charge in [0.25, 0.3) is 5.91 Å². The molecule has 25 heavy (non-hydrogen) atoms. The molecule has 0 saturated carbocycles. The summed E-state index contributed by atoms with van der Waals surface area (Å²) >= 11 is 0. The zero-order valence-electron chi connectivity index (χ0n) is 15.4. The van der Waals surface area contributed by atoms with Crippen molar-refractivity contribution in [3.8, 4) is 17.2 Å². The smallest absolute Gasteiger partial charge is 0.259 e. The maximum Gasteiger partial charge on any atom is 0.259 e. The number of anilines is 1. The van der Waals surface area contributed by atoms with Crippen molar-refractivity contribution in [2.24, 2.45) is 0 Å². The van der Waals surface area contributed by atoms with E-state index in [2.05, 4.69) is 19.2 Å². The van der Waals surface area contributed by atoms with Gasteiger partial charge in [0.15, 0.2) is 11.5 Å². The lowest BCUT2D eigenvalue weighted by molar-refractivity contribution is 0.102. The fraction of sp³-hybridized carbons (Fsp3) is 0.350. The molecule has 0 aliphatic rings. The van der Waals surface area contributed by atoms with E-state index in [0.717, 1.165) is 29.7 Å². The molecule has 0 aliphatic carbocycles. The number of nitrogens with one attached hydrogen (secondary N) is 1. The molecule has 0 fully saturated rings. The summed E-state index contributed by atoms with van der Waals surface area (Å²) in [6.45, 7) is 4.14. The first kappa shape index (κ1) is 18.6. The van der Waals surface area contributed by atoms with Crippen molar-refractivity contribution in [1.82, 2.24) is 0 Å². The lowest BCUT2D eigenvalue weighted by Crippen LogP contribution is -2.16. The lowest BCUT2D eigenvalue weighted by Gasteiger charge is -2.17. The van der Waals surface area contributed by atoms with Crippen molar-refractivity contribution in [2.75, 3.05) is 26.6 Å². The highest BCUT2D eigenvalue weighted by Gasteiger charge is 2.19. The highest BCUT2D eigenvalue weighted by atomic mass is 16.5. The number of aryl methyl sites for hydroxylation is 2. The molecule has 0 saturated heterocycles. The van der Waals surface area contributed by atoms with Crippen LogP contribution in [0.5, 0.6) is 17.2 Å². The summed E-state index contributed by atoms with van der Waals surface area (Å²) in [5.41, 5.74) is 3.47. The predicted molar refractivity (Wildman–Crippen MR) is 99.2 cm³/mol. The van der Waals surface area contributed by atoms with E-state index in [0.29, 0.717) is 22.8 Å². The molecule has 1 N–H and O–H groups in total. The largest absolute Gasteiger partial charge is 0.496 e. The van der Waals surface area contributed by atoms with E-state index in [9.17, 15) is 4.79 Å². The van der Waals surface area contributed by atoms with E-state index < -0.39 is 0 Å². The molecule has 0 atom stereocenters. The zero-order chi connectivity index (χ0) is 18.4. The van der Waals surface area contributed by atoms with Gasteiger partial charge in [-0.15, -0.1) is 0 Å². The van der Waals surface area contributed by atoms with Gasteiger partial charge in [0.05, 0.1) is 26.9 Å². The third kappa shape index (κ3) is 3.87. The molecule has 0 unspecified atom stereocenters. The molecule has 5 heteroatoms. The Kier molecular flexibility index (Phi) is 6.28. The fourth-order valence-electron chi connectivity index (χ4n) is 2.79. The van der Waals surface area contributed by atoms with Crippen LogP contribution in [-0.2, 0) is 12.8 Å². The van der Waals surface area contributed by atoms with Crippen molar-refractivity contribution in [3.63, 3.8) is 0 Å². The van der Waals surface area contributed by atoms with Crippen molar-refractivity contribution in [3.05, 3.63) is 47.0 Å². The second-order valence-corrected chi connectivity index (χ2v) is 5.52. The lowest BCUT2D eigenvalue weighted by atomic mass is 10.0. The van der Waals surface area contributed by atoms with E-state index in [-0.39, 0.29) is 5.91 Å². The van der Waals surface area contributed by atoms with E-state index in [1.54, 1.807) is 19.2 Å². The van der Waals surface area contributed by atoms with Gasteiger partial charge in [0.1, 0.15) is 5.75 Å². The van der Waals surface area contributed by atoms with Gasteiger partial charge in [-0.25, -0.2) is 0 Å². The number of rotatable bonds is 7. The summed E-state index contributed by atoms with van der Waals surface area (Å²) in [7, 11) is 4.60. The van der Waals surface area contributed by atoms with E-state index in [1.807, 2.05) is 18.2 Å². The van der Waals surface area contributed by atoms with E-state index >= 15 is 0 Å². The predicted octanol–water partition coefficient (Wildman–Crippen LogP) is 4.09. The average molecular weight is 343 g/mol. The van der Waals surface area contributed by atoms with Crippen LogP contribution in [0, 0.1) is 0 Å². The number of benzene rings is 2. The Morgan fingerprint density at radius 3 is 1.88 bits per heavy atom. The number of hydrogen-bond acceptors (Lipinski definition) is 4. The molecule has 0 aromatic heterocycles. The number of carbonyl (C=O) groups is 1. The van der Waals surface area contributed by atoms with Gasteiger partial charge < -0.3 is 19.5 Å². The first-order valence-electron chi connectivity index (χ1n) is 8.31. The molecule has 0 bridgehead atoms. The van der Waals surface area contributed by atoms with Crippen LogP contribution in [0.1, 0.15) is 35.3 Å². The Morgan fingerprint density at radius 1 is 0.880 bits per heavy atom. The fourth-order valence-corrected chi connectivity index (χ4v) is 2.79. The van der Waals surface area contributed by atoms with Crippen LogP contribution in [0.3, 0.4) is 0 Å². The molecule has 134 valence electrons. The molecule has 5 nitrogen and oxygen atoms in total. The molecule has 2 aromatic rings. The quantitative estimate of drug-likeness (QED) is 0.823. The van der Waals surface area contributed by atoms with Crippen molar-refractivity contribution in [1.29, 1.82) is 0 Å². The monoisotopic (exact) mass is 343 g/mol. The van der Waals surface area contributed by atoms with Crippen LogP contribution in [0.15, 0.2) is 30.3 Å². The summed E-state index contributed by atoms with van der Waals surface area (Å²) in [4.78, 5) is 12.9. The summed E-state index contributed by atoms with van der Waals surface area (Å²) in [5, 5.41) is 3.05. The Labute approximate surface area is 148 Å². The van der Waals surface area contributed by atoms with Crippen LogP contribution >= 0.6 is 0 Å². The van der Waals surface area contributed by atoms with Crippen LogP contribution < -0.4 is 19.5 Å². The van der Waals surface area contributed by atoms with Crippen LogP contribution in [0.2, 0.25) is 0 Å². The number of carbonyl (C=O) groups excluding carboxylic acids is 1. The molecular weight excluding hydrogens is 318 g/mol. The molecule has 0 aliphatic heterocycles. The second-order valence-electron chi connectivity index (χ2n) is 5.52. The third-order valence-electron chi connectivity index (χ3n) is 4.19. The van der Waals surface area contributed by atoms with E-state index in [4.69, 9.17) is 14.2 Å². The Bertz CT molecular complexity index is 733. The van der Waals surface area contributed by atoms with Crippen LogP contribution in [0.4, 0.5) is 5.69 Å². The van der Waals surface area contributed by atoms with Gasteiger partial charge in [-0.3, -0.25) is 4.79 Å². The molecular formula is C20H25NO4. The third-order valence-corrected chi connectivity index (χ3v) is 4.19. The van der Waals surface area contributed by atoms with Crippen LogP contribution in [-0.4, -0.2) is 27.2 Å². The number of methoxy groups -OCH3 is 3. The van der Waals surface area contributed by atoms with Gasteiger partial charge >= 0.3 is 0 Å². The SMILES string of the molecule is CCc1cccc(CC)c1NC(=O)c1cc(OC)c(OC)cc1OC. The zero-order valence-corrected chi connectivity index (χ0v) is 15.4. The minimum atomic E-state index is -0.242. The summed E-state index contributed by atoms with van der Waals surface area (Å²) in [5.74, 6) is 1.18. The number of hydrogen-bond donors (Lipinski definition) is 1. The number of amides is 1. The summed E-state index contributed by atoms with van der Waals surface area (Å²) in [6, 6.07) is 9.36. The first-order valence-corrected chi connectivity index (χ1v) is 8.31. The molecule has 2 rings (SSSR count). The molecule has 0 spiro atoms. The van der Waals surface area contributed by atoms with Gasteiger partial charge in [-0.05, 0) is 24.0 Å². The highest BCUT2D eigenvalue weighted by Crippen LogP contribution is 2.35. The maximum atomic E-state index is 12.9. The van der Waals surface area contributed by atoms with Gasteiger partial charge in [-0.1, -0.05) is 32.0 Å². The standard InChI is InChI=1S/C20H25NO4/c1-6-13-9-8-10-14(7-2)19(13)21-20(22)15-11-17(24-4)18(25-5)12-16(15)23-3/h8-12H,6-7H2,1-5H3,(H,21,22). The topological polar surface area (TPSA) is 56.8 Å². The van der Waals surface area contributed by atoms with Gasteiger partial charge in [-0.2, -0.15) is 0 Å². The molecule has 1 amide bonds. The van der Waals surface area contributed by atoms with Gasteiger partial charge in [0, 0.05) is 17.8 Å². The number of para-hydroxylation sites is 1.